The number of benzene rings is 1. The molecule has 0 saturated heterocycles. The SMILES string of the molecule is COC(=O)c1sc(Nc2ccc(OC)cc2)nc1Cl. The second-order valence-corrected chi connectivity index (χ2v) is 4.84. The Balaban J connectivity index is 2.16. The van der Waals surface area contributed by atoms with Gasteiger partial charge in [0.1, 0.15) is 5.75 Å². The molecule has 0 fully saturated rings. The van der Waals surface area contributed by atoms with Crippen molar-refractivity contribution in [2.45, 2.75) is 0 Å². The number of thiazole rings is 1. The Hall–Kier alpha value is -1.79. The first-order valence-electron chi connectivity index (χ1n) is 5.29. The molecule has 0 unspecified atom stereocenters. The van der Waals surface area contributed by atoms with E-state index < -0.39 is 5.97 Å². The monoisotopic (exact) mass is 298 g/mol. The van der Waals surface area contributed by atoms with Gasteiger partial charge in [-0.15, -0.1) is 0 Å². The number of esters is 1. The highest BCUT2D eigenvalue weighted by Gasteiger charge is 2.17. The zero-order valence-electron chi connectivity index (χ0n) is 10.3. The van der Waals surface area contributed by atoms with Gasteiger partial charge < -0.3 is 14.8 Å². The molecule has 1 aromatic heterocycles. The summed E-state index contributed by atoms with van der Waals surface area (Å²) >= 11 is 7.01. The van der Waals surface area contributed by atoms with Gasteiger partial charge in [0.2, 0.25) is 0 Å². The minimum Gasteiger partial charge on any atom is -0.497 e. The zero-order valence-corrected chi connectivity index (χ0v) is 11.8. The average Bonchev–Trinajstić information content (AvgIpc) is 2.79. The van der Waals surface area contributed by atoms with Crippen LogP contribution in [0.5, 0.6) is 5.75 Å². The number of aromatic nitrogens is 1. The Kier molecular flexibility index (Phi) is 4.24. The molecule has 19 heavy (non-hydrogen) atoms. The van der Waals surface area contributed by atoms with Crippen molar-refractivity contribution >= 4 is 39.7 Å². The van der Waals surface area contributed by atoms with E-state index in [0.717, 1.165) is 22.8 Å². The molecule has 0 aliphatic rings. The summed E-state index contributed by atoms with van der Waals surface area (Å²) in [7, 11) is 2.90. The van der Waals surface area contributed by atoms with Gasteiger partial charge in [0.15, 0.2) is 15.2 Å². The molecule has 2 aromatic rings. The lowest BCUT2D eigenvalue weighted by atomic mass is 10.3. The maximum Gasteiger partial charge on any atom is 0.351 e. The average molecular weight is 299 g/mol. The molecule has 100 valence electrons. The molecule has 1 N–H and O–H groups in total. The molecule has 0 aliphatic carbocycles. The first-order chi connectivity index (χ1) is 9.13. The van der Waals surface area contributed by atoms with Crippen molar-refractivity contribution in [3.05, 3.63) is 34.3 Å². The number of halogens is 1. The highest BCUT2D eigenvalue weighted by atomic mass is 35.5. The first kappa shape index (κ1) is 13.6. The van der Waals surface area contributed by atoms with Crippen LogP contribution in [0.25, 0.3) is 0 Å². The lowest BCUT2D eigenvalue weighted by molar-refractivity contribution is 0.0606. The number of hydrogen-bond acceptors (Lipinski definition) is 6. The van der Waals surface area contributed by atoms with Gasteiger partial charge in [-0.05, 0) is 24.3 Å². The molecule has 0 spiro atoms. The number of nitrogens with one attached hydrogen (secondary N) is 1. The molecule has 1 aromatic carbocycles. The summed E-state index contributed by atoms with van der Waals surface area (Å²) in [6.07, 6.45) is 0. The Bertz CT molecular complexity index is 583. The molecule has 0 amide bonds. The predicted molar refractivity (Wildman–Crippen MR) is 74.7 cm³/mol. The van der Waals surface area contributed by atoms with E-state index in [4.69, 9.17) is 16.3 Å². The molecule has 7 heteroatoms. The summed E-state index contributed by atoms with van der Waals surface area (Å²) in [5, 5.41) is 3.71. The minimum atomic E-state index is -0.495. The summed E-state index contributed by atoms with van der Waals surface area (Å²) < 4.78 is 9.68. The van der Waals surface area contributed by atoms with Gasteiger partial charge in [-0.1, -0.05) is 22.9 Å². The van der Waals surface area contributed by atoms with E-state index in [1.165, 1.54) is 7.11 Å². The molecule has 5 nitrogen and oxygen atoms in total. The third-order valence-corrected chi connectivity index (χ3v) is 3.63. The second-order valence-electron chi connectivity index (χ2n) is 3.48. The van der Waals surface area contributed by atoms with Gasteiger partial charge in [0, 0.05) is 5.69 Å². The summed E-state index contributed by atoms with van der Waals surface area (Å²) in [6, 6.07) is 7.31. The largest absolute Gasteiger partial charge is 0.497 e. The van der Waals surface area contributed by atoms with E-state index in [2.05, 4.69) is 15.0 Å². The molecule has 0 aliphatic heterocycles. The second kappa shape index (κ2) is 5.90. The number of methoxy groups -OCH3 is 2. The Morgan fingerprint density at radius 2 is 2.00 bits per heavy atom. The van der Waals surface area contributed by atoms with Crippen molar-refractivity contribution in [1.29, 1.82) is 0 Å². The Labute approximate surface area is 119 Å². The fraction of sp³-hybridized carbons (Fsp3) is 0.167. The van der Waals surface area contributed by atoms with Crippen molar-refractivity contribution in [3.8, 4) is 5.75 Å². The molecule has 0 bridgehead atoms. The minimum absolute atomic E-state index is 0.132. The highest BCUT2D eigenvalue weighted by Crippen LogP contribution is 2.30. The zero-order chi connectivity index (χ0) is 13.8. The van der Waals surface area contributed by atoms with E-state index in [-0.39, 0.29) is 10.0 Å². The highest BCUT2D eigenvalue weighted by molar-refractivity contribution is 7.18. The number of ether oxygens (including phenoxy) is 2. The van der Waals surface area contributed by atoms with Crippen molar-refractivity contribution < 1.29 is 14.3 Å². The van der Waals surface area contributed by atoms with Crippen LogP contribution in [0, 0.1) is 0 Å². The van der Waals surface area contributed by atoms with E-state index in [9.17, 15) is 4.79 Å². The number of carbonyl (C=O) groups excluding carboxylic acids is 1. The van der Waals surface area contributed by atoms with Crippen LogP contribution in [0.15, 0.2) is 24.3 Å². The molecular formula is C12H11ClN2O3S. The van der Waals surface area contributed by atoms with Crippen LogP contribution < -0.4 is 10.1 Å². The molecule has 0 radical (unpaired) electrons. The standard InChI is InChI=1S/C12H11ClN2O3S/c1-17-8-5-3-7(4-6-8)14-12-15-10(13)9(19-12)11(16)18-2/h3-6H,1-2H3,(H,14,15). The van der Waals surface area contributed by atoms with E-state index in [1.807, 2.05) is 24.3 Å². The first-order valence-corrected chi connectivity index (χ1v) is 6.49. The van der Waals surface area contributed by atoms with Crippen LogP contribution >= 0.6 is 22.9 Å². The van der Waals surface area contributed by atoms with Gasteiger partial charge in [-0.2, -0.15) is 0 Å². The Morgan fingerprint density at radius 3 is 2.58 bits per heavy atom. The van der Waals surface area contributed by atoms with Crippen LogP contribution in [0.1, 0.15) is 9.67 Å². The summed E-state index contributed by atoms with van der Waals surface area (Å²) in [5.74, 6) is 0.267. The number of nitrogens with zero attached hydrogens (tertiary/aromatic N) is 1. The fourth-order valence-electron chi connectivity index (χ4n) is 1.37. The summed E-state index contributed by atoms with van der Waals surface area (Å²) in [6.45, 7) is 0. The third-order valence-electron chi connectivity index (χ3n) is 2.30. The van der Waals surface area contributed by atoms with Crippen LogP contribution in [-0.4, -0.2) is 25.2 Å². The van der Waals surface area contributed by atoms with Crippen LogP contribution in [0.3, 0.4) is 0 Å². The van der Waals surface area contributed by atoms with E-state index in [1.54, 1.807) is 7.11 Å². The maximum atomic E-state index is 11.4. The van der Waals surface area contributed by atoms with Crippen molar-refractivity contribution in [2.75, 3.05) is 19.5 Å². The Morgan fingerprint density at radius 1 is 1.32 bits per heavy atom. The fourth-order valence-corrected chi connectivity index (χ4v) is 2.49. The lowest BCUT2D eigenvalue weighted by Gasteiger charge is -2.03. The van der Waals surface area contributed by atoms with E-state index in [0.29, 0.717) is 5.13 Å². The van der Waals surface area contributed by atoms with Gasteiger partial charge in [-0.3, -0.25) is 0 Å². The van der Waals surface area contributed by atoms with Gasteiger partial charge in [-0.25, -0.2) is 9.78 Å². The van der Waals surface area contributed by atoms with Gasteiger partial charge in [0.25, 0.3) is 0 Å². The van der Waals surface area contributed by atoms with Gasteiger partial charge in [0.05, 0.1) is 14.2 Å². The van der Waals surface area contributed by atoms with Gasteiger partial charge >= 0.3 is 5.97 Å². The molecule has 1 heterocycles. The normalized spacial score (nSPS) is 10.1. The topological polar surface area (TPSA) is 60.5 Å². The molecule has 2 rings (SSSR count). The molecule has 0 atom stereocenters. The van der Waals surface area contributed by atoms with Crippen LogP contribution in [-0.2, 0) is 4.74 Å². The smallest absolute Gasteiger partial charge is 0.351 e. The number of anilines is 2. The molecule has 0 saturated carbocycles. The molecular weight excluding hydrogens is 288 g/mol. The van der Waals surface area contributed by atoms with Crippen LogP contribution in [0.2, 0.25) is 5.15 Å². The maximum absolute atomic E-state index is 11.4. The number of carbonyl (C=O) groups is 1. The quantitative estimate of drug-likeness (QED) is 0.877. The summed E-state index contributed by atoms with van der Waals surface area (Å²) in [4.78, 5) is 15.7. The number of hydrogen-bond donors (Lipinski definition) is 1. The van der Waals surface area contributed by atoms with Crippen LogP contribution in [0.4, 0.5) is 10.8 Å². The predicted octanol–water partition coefficient (Wildman–Crippen LogP) is 3.34. The van der Waals surface area contributed by atoms with Crippen molar-refractivity contribution in [1.82, 2.24) is 4.98 Å². The number of rotatable bonds is 4. The van der Waals surface area contributed by atoms with E-state index >= 15 is 0 Å². The van der Waals surface area contributed by atoms with Crippen molar-refractivity contribution in [2.24, 2.45) is 0 Å². The third kappa shape index (κ3) is 3.15. The van der Waals surface area contributed by atoms with Crippen molar-refractivity contribution in [3.63, 3.8) is 0 Å². The summed E-state index contributed by atoms with van der Waals surface area (Å²) in [5.41, 5.74) is 0.822. The lowest BCUT2D eigenvalue weighted by Crippen LogP contribution is -1.98.